The van der Waals surface area contributed by atoms with Crippen molar-refractivity contribution in [1.29, 1.82) is 0 Å². The average Bonchev–Trinajstić information content (AvgIpc) is 3.21. The number of anilines is 1. The van der Waals surface area contributed by atoms with E-state index in [0.717, 1.165) is 10.0 Å². The smallest absolute Gasteiger partial charge is 0.338 e. The molecule has 0 saturated carbocycles. The van der Waals surface area contributed by atoms with Gasteiger partial charge in [0.1, 0.15) is 18.4 Å². The molecule has 4 rings (SSSR count). The zero-order valence-electron chi connectivity index (χ0n) is 16.8. The Balaban J connectivity index is 1.79. The lowest BCUT2D eigenvalue weighted by Crippen LogP contribution is -2.30. The molecule has 0 aliphatic carbocycles. The molecule has 1 atom stereocenters. The van der Waals surface area contributed by atoms with Crippen LogP contribution in [-0.4, -0.2) is 32.8 Å². The minimum atomic E-state index is -0.635. The first kappa shape index (κ1) is 21.3. The van der Waals surface area contributed by atoms with E-state index in [1.807, 2.05) is 42.5 Å². The zero-order chi connectivity index (χ0) is 22.0. The number of esters is 1. The minimum absolute atomic E-state index is 0.249. The molecule has 0 saturated heterocycles. The summed E-state index contributed by atoms with van der Waals surface area (Å²) in [6, 6.07) is 12.4. The number of aromatic nitrogens is 4. The predicted molar refractivity (Wildman–Crippen MR) is 119 cm³/mol. The lowest BCUT2D eigenvalue weighted by molar-refractivity contribution is -0.139. The van der Waals surface area contributed by atoms with Gasteiger partial charge in [0.15, 0.2) is 0 Å². The summed E-state index contributed by atoms with van der Waals surface area (Å²) in [6.07, 6.45) is 0. The molecular weight excluding hydrogens is 486 g/mol. The van der Waals surface area contributed by atoms with Gasteiger partial charge in [-0.1, -0.05) is 50.8 Å². The summed E-state index contributed by atoms with van der Waals surface area (Å²) < 4.78 is 13.8. The van der Waals surface area contributed by atoms with E-state index in [4.69, 9.17) is 21.1 Å². The van der Waals surface area contributed by atoms with Gasteiger partial charge in [0.05, 0.1) is 12.2 Å². The first-order valence-corrected chi connectivity index (χ1v) is 10.7. The second-order valence-corrected chi connectivity index (χ2v) is 8.12. The van der Waals surface area contributed by atoms with Gasteiger partial charge < -0.3 is 14.8 Å². The van der Waals surface area contributed by atoms with Crippen molar-refractivity contribution >= 4 is 39.4 Å². The number of halogens is 2. The Hall–Kier alpha value is -2.91. The number of nitrogens with one attached hydrogen (secondary N) is 1. The Kier molecular flexibility index (Phi) is 6.24. The molecule has 1 N–H and O–H groups in total. The maximum absolute atomic E-state index is 12.9. The molecule has 0 fully saturated rings. The van der Waals surface area contributed by atoms with Crippen molar-refractivity contribution in [3.05, 3.63) is 74.4 Å². The lowest BCUT2D eigenvalue weighted by atomic mass is 9.95. The predicted octanol–water partition coefficient (Wildman–Crippen LogP) is 4.52. The molecule has 1 aliphatic heterocycles. The summed E-state index contributed by atoms with van der Waals surface area (Å²) in [4.78, 5) is 12.9. The number of fused-ring (bicyclic) bond motifs is 1. The molecule has 1 aliphatic rings. The van der Waals surface area contributed by atoms with Crippen molar-refractivity contribution in [3.8, 4) is 5.75 Å². The summed E-state index contributed by atoms with van der Waals surface area (Å²) in [7, 11) is 0. The average molecular weight is 505 g/mol. The van der Waals surface area contributed by atoms with Crippen LogP contribution in [-0.2, 0) is 16.1 Å². The number of rotatable bonds is 6. The topological polar surface area (TPSA) is 91.2 Å². The van der Waals surface area contributed by atoms with Gasteiger partial charge in [-0.25, -0.2) is 4.79 Å². The van der Waals surface area contributed by atoms with Crippen molar-refractivity contribution in [2.75, 3.05) is 11.9 Å². The standard InChI is InChI=1S/C21H19BrClN5O3/c1-3-30-20(29)18-12(2)24-21-25-26-27-28(21)19(18)15-10-14(22)8-9-17(15)31-11-13-6-4-5-7-16(13)23/h4-10,19H,3,11H2,1-2H3,(H,24,25,27). The SMILES string of the molecule is CCOC(=O)C1=C(C)Nc2nnnn2C1c1cc(Br)ccc1OCc1ccccc1Cl. The second-order valence-electron chi connectivity index (χ2n) is 6.80. The van der Waals surface area contributed by atoms with Crippen molar-refractivity contribution in [2.24, 2.45) is 0 Å². The highest BCUT2D eigenvalue weighted by Gasteiger charge is 2.36. The van der Waals surface area contributed by atoms with Crippen molar-refractivity contribution in [1.82, 2.24) is 20.2 Å². The lowest BCUT2D eigenvalue weighted by Gasteiger charge is -2.28. The summed E-state index contributed by atoms with van der Waals surface area (Å²) in [5, 5.41) is 15.6. The van der Waals surface area contributed by atoms with Crippen LogP contribution < -0.4 is 10.1 Å². The van der Waals surface area contributed by atoms with E-state index in [-0.39, 0.29) is 13.2 Å². The van der Waals surface area contributed by atoms with Gasteiger partial charge in [-0.15, -0.1) is 0 Å². The van der Waals surface area contributed by atoms with Gasteiger partial charge in [-0.3, -0.25) is 0 Å². The highest BCUT2D eigenvalue weighted by Crippen LogP contribution is 2.40. The molecule has 31 heavy (non-hydrogen) atoms. The maximum atomic E-state index is 12.9. The first-order valence-electron chi connectivity index (χ1n) is 9.58. The van der Waals surface area contributed by atoms with E-state index in [0.29, 0.717) is 33.6 Å². The Morgan fingerprint density at radius 2 is 2.10 bits per heavy atom. The Morgan fingerprint density at radius 1 is 1.29 bits per heavy atom. The van der Waals surface area contributed by atoms with E-state index in [1.165, 1.54) is 0 Å². The van der Waals surface area contributed by atoms with Gasteiger partial charge in [0.25, 0.3) is 0 Å². The van der Waals surface area contributed by atoms with E-state index in [2.05, 4.69) is 36.8 Å². The molecular formula is C21H19BrClN5O3. The fraction of sp³-hybridized carbons (Fsp3) is 0.238. The molecule has 0 radical (unpaired) electrons. The van der Waals surface area contributed by atoms with Crippen LogP contribution in [0.2, 0.25) is 5.02 Å². The number of tetrazole rings is 1. The monoisotopic (exact) mass is 503 g/mol. The molecule has 160 valence electrons. The van der Waals surface area contributed by atoms with E-state index >= 15 is 0 Å². The van der Waals surface area contributed by atoms with Crippen LogP contribution in [0.5, 0.6) is 5.75 Å². The van der Waals surface area contributed by atoms with Gasteiger partial charge in [0.2, 0.25) is 5.95 Å². The van der Waals surface area contributed by atoms with Gasteiger partial charge in [-0.05, 0) is 48.5 Å². The second kappa shape index (κ2) is 9.07. The largest absolute Gasteiger partial charge is 0.488 e. The summed E-state index contributed by atoms with van der Waals surface area (Å²) in [5.41, 5.74) is 2.58. The van der Waals surface area contributed by atoms with Crippen molar-refractivity contribution < 1.29 is 14.3 Å². The van der Waals surface area contributed by atoms with Gasteiger partial charge >= 0.3 is 5.97 Å². The van der Waals surface area contributed by atoms with Crippen LogP contribution in [0.25, 0.3) is 0 Å². The molecule has 3 aromatic rings. The molecule has 2 aromatic carbocycles. The number of allylic oxidation sites excluding steroid dienone is 1. The molecule has 10 heteroatoms. The van der Waals surface area contributed by atoms with Crippen LogP contribution in [0, 0.1) is 0 Å². The summed E-state index contributed by atoms with van der Waals surface area (Å²) in [5.74, 6) is 0.550. The summed E-state index contributed by atoms with van der Waals surface area (Å²) in [6.45, 7) is 4.07. The normalized spacial score (nSPS) is 15.3. The molecule has 8 nitrogen and oxygen atoms in total. The fourth-order valence-corrected chi connectivity index (χ4v) is 3.98. The third-order valence-electron chi connectivity index (χ3n) is 4.82. The quantitative estimate of drug-likeness (QED) is 0.494. The highest BCUT2D eigenvalue weighted by molar-refractivity contribution is 9.10. The number of hydrogen-bond donors (Lipinski definition) is 1. The van der Waals surface area contributed by atoms with E-state index in [9.17, 15) is 4.79 Å². The molecule has 0 amide bonds. The number of carbonyl (C=O) groups excluding carboxylic acids is 1. The number of hydrogen-bond acceptors (Lipinski definition) is 7. The molecule has 0 bridgehead atoms. The van der Waals surface area contributed by atoms with Crippen LogP contribution in [0.3, 0.4) is 0 Å². The molecule has 0 spiro atoms. The van der Waals surface area contributed by atoms with E-state index in [1.54, 1.807) is 18.5 Å². The number of benzene rings is 2. The molecule has 1 aromatic heterocycles. The van der Waals surface area contributed by atoms with E-state index < -0.39 is 12.0 Å². The Labute approximate surface area is 192 Å². The number of carbonyl (C=O) groups is 1. The fourth-order valence-electron chi connectivity index (χ4n) is 3.41. The molecule has 1 unspecified atom stereocenters. The zero-order valence-corrected chi connectivity index (χ0v) is 19.1. The van der Waals surface area contributed by atoms with Crippen molar-refractivity contribution in [2.45, 2.75) is 26.5 Å². The van der Waals surface area contributed by atoms with Crippen LogP contribution in [0.1, 0.15) is 31.0 Å². The van der Waals surface area contributed by atoms with Crippen molar-refractivity contribution in [3.63, 3.8) is 0 Å². The van der Waals surface area contributed by atoms with Crippen LogP contribution >= 0.6 is 27.5 Å². The summed E-state index contributed by atoms with van der Waals surface area (Å²) >= 11 is 9.80. The Morgan fingerprint density at radius 3 is 2.87 bits per heavy atom. The van der Waals surface area contributed by atoms with Crippen LogP contribution in [0.4, 0.5) is 5.95 Å². The third kappa shape index (κ3) is 4.28. The van der Waals surface area contributed by atoms with Gasteiger partial charge in [0, 0.05) is 26.3 Å². The third-order valence-corrected chi connectivity index (χ3v) is 5.68. The Bertz CT molecular complexity index is 1160. The molecule has 2 heterocycles. The highest BCUT2D eigenvalue weighted by atomic mass is 79.9. The maximum Gasteiger partial charge on any atom is 0.338 e. The first-order chi connectivity index (χ1) is 15.0. The number of nitrogens with zero attached hydrogens (tertiary/aromatic N) is 4. The number of ether oxygens (including phenoxy) is 2. The van der Waals surface area contributed by atoms with Gasteiger partial charge in [-0.2, -0.15) is 4.68 Å². The minimum Gasteiger partial charge on any atom is -0.488 e. The van der Waals surface area contributed by atoms with Crippen LogP contribution in [0.15, 0.2) is 58.2 Å².